The maximum Gasteiger partial charge on any atom is 0.420 e. The Kier molecular flexibility index (Phi) is 9.30. The Hall–Kier alpha value is -3.37. The van der Waals surface area contributed by atoms with Crippen molar-refractivity contribution in [1.82, 2.24) is 9.80 Å². The van der Waals surface area contributed by atoms with E-state index in [0.29, 0.717) is 15.9 Å². The topological polar surface area (TPSA) is 76.6 Å². The van der Waals surface area contributed by atoms with Crippen LogP contribution in [0, 0.1) is 11.6 Å². The van der Waals surface area contributed by atoms with Gasteiger partial charge in [0.1, 0.15) is 16.4 Å². The Morgan fingerprint density at radius 3 is 2.27 bits per heavy atom. The van der Waals surface area contributed by atoms with E-state index in [-0.39, 0.29) is 31.8 Å². The lowest BCUT2D eigenvalue weighted by Gasteiger charge is -2.26. The van der Waals surface area contributed by atoms with Crippen molar-refractivity contribution in [2.45, 2.75) is 18.5 Å². The van der Waals surface area contributed by atoms with Crippen LogP contribution in [0.4, 0.5) is 56.1 Å². The summed E-state index contributed by atoms with van der Waals surface area (Å²) in [6.07, 6.45) is -13.6. The van der Waals surface area contributed by atoms with Crippen molar-refractivity contribution < 1.29 is 54.6 Å². The lowest BCUT2D eigenvalue weighted by Crippen LogP contribution is -2.40. The average molecular weight is 619 g/mol. The quantitative estimate of drug-likeness (QED) is 0.330. The molecule has 1 aliphatic heterocycles. The van der Waals surface area contributed by atoms with Gasteiger partial charge in [0.25, 0.3) is 0 Å². The number of hydrogen-bond donors (Lipinski definition) is 1. The minimum Gasteiger partial charge on any atom is -0.407 e. The van der Waals surface area contributed by atoms with Crippen LogP contribution in [0.5, 0.6) is 5.75 Å². The van der Waals surface area contributed by atoms with E-state index in [9.17, 15) is 49.8 Å². The summed E-state index contributed by atoms with van der Waals surface area (Å²) in [5.74, 6) is -4.12. The van der Waals surface area contributed by atoms with Crippen LogP contribution >= 0.6 is 11.6 Å². The summed E-state index contributed by atoms with van der Waals surface area (Å²) in [7, 11) is 4.10. The van der Waals surface area contributed by atoms with E-state index >= 15 is 0 Å². The van der Waals surface area contributed by atoms with Gasteiger partial charge in [0.05, 0.1) is 23.0 Å². The number of aliphatic hydroxyl groups excluding tert-OH is 1. The van der Waals surface area contributed by atoms with Gasteiger partial charge < -0.3 is 19.6 Å². The summed E-state index contributed by atoms with van der Waals surface area (Å²) < 4.78 is 116. The highest BCUT2D eigenvalue weighted by Gasteiger charge is 2.44. The summed E-state index contributed by atoms with van der Waals surface area (Å²) in [5, 5.41) is 9.13. The number of rotatable bonds is 7. The van der Waals surface area contributed by atoms with Crippen molar-refractivity contribution in [3.8, 4) is 5.75 Å². The van der Waals surface area contributed by atoms with Gasteiger partial charge in [-0.05, 0) is 38.4 Å². The third kappa shape index (κ3) is 7.11. The van der Waals surface area contributed by atoms with Crippen LogP contribution in [0.3, 0.4) is 0 Å². The van der Waals surface area contributed by atoms with Crippen LogP contribution in [0.1, 0.15) is 11.1 Å². The van der Waals surface area contributed by atoms with E-state index < -0.39 is 82.0 Å². The Morgan fingerprint density at radius 2 is 1.71 bits per heavy atom. The van der Waals surface area contributed by atoms with Crippen molar-refractivity contribution in [3.05, 3.63) is 52.0 Å². The van der Waals surface area contributed by atoms with E-state index in [2.05, 4.69) is 0 Å². The molecule has 1 heterocycles. The maximum absolute atomic E-state index is 14.5. The molecule has 1 atom stereocenters. The van der Waals surface area contributed by atoms with Crippen LogP contribution < -0.4 is 14.5 Å². The molecule has 0 bridgehead atoms. The smallest absolute Gasteiger partial charge is 0.407 e. The molecule has 2 aromatic rings. The van der Waals surface area contributed by atoms with Crippen molar-refractivity contribution in [3.63, 3.8) is 0 Å². The second kappa shape index (κ2) is 11.9. The van der Waals surface area contributed by atoms with Gasteiger partial charge >= 0.3 is 24.5 Å². The molecule has 3 rings (SSSR count). The van der Waals surface area contributed by atoms with Crippen LogP contribution in [-0.2, 0) is 12.4 Å². The molecule has 1 unspecified atom stereocenters. The highest BCUT2D eigenvalue weighted by molar-refractivity contribution is 6.31. The second-order valence-electron chi connectivity index (χ2n) is 9.29. The summed E-state index contributed by atoms with van der Waals surface area (Å²) in [6.45, 7) is -0.798. The zero-order valence-electron chi connectivity index (χ0n) is 21.6. The van der Waals surface area contributed by atoms with E-state index in [1.807, 2.05) is 0 Å². The number of carbonyl (C=O) groups is 2. The first-order chi connectivity index (χ1) is 18.8. The van der Waals surface area contributed by atoms with Gasteiger partial charge in [0, 0.05) is 33.2 Å². The molecule has 1 fully saturated rings. The molecule has 226 valence electrons. The van der Waals surface area contributed by atoms with Crippen LogP contribution in [0.25, 0.3) is 0 Å². The number of carbonyl (C=O) groups excluding carboxylic acids is 2. The molecular weight excluding hydrogens is 596 g/mol. The number of ether oxygens (including phenoxy) is 1. The monoisotopic (exact) mass is 618 g/mol. The lowest BCUT2D eigenvalue weighted by atomic mass is 10.1. The summed E-state index contributed by atoms with van der Waals surface area (Å²) in [6, 6.07) is 0.261. The van der Waals surface area contributed by atoms with E-state index in [4.69, 9.17) is 16.3 Å². The van der Waals surface area contributed by atoms with Gasteiger partial charge in [-0.3, -0.25) is 9.80 Å². The molecule has 2 aromatic carbocycles. The average Bonchev–Trinajstić information content (AvgIpc) is 3.19. The molecule has 1 saturated heterocycles. The second-order valence-corrected chi connectivity index (χ2v) is 9.66. The number of amides is 3. The Bertz CT molecular complexity index is 1320. The molecule has 17 heteroatoms. The summed E-state index contributed by atoms with van der Waals surface area (Å²) in [4.78, 5) is 29.4. The zero-order valence-corrected chi connectivity index (χ0v) is 22.3. The molecule has 0 aromatic heterocycles. The SMILES string of the molecule is CN(C)CC(O)CN1CCN(c2cc(C(F)(F)F)cc(C(F)(F)F)c2OC(=O)N(C)c2ccc(F)c(Cl)c2F)C1=O. The molecule has 0 spiro atoms. The molecular formula is C24H23ClF8N4O4. The van der Waals surface area contributed by atoms with Crippen LogP contribution in [0.15, 0.2) is 24.3 Å². The number of anilines is 2. The fourth-order valence-electron chi connectivity index (χ4n) is 4.03. The highest BCUT2D eigenvalue weighted by atomic mass is 35.5. The number of alkyl halides is 6. The summed E-state index contributed by atoms with van der Waals surface area (Å²) >= 11 is 5.49. The van der Waals surface area contributed by atoms with Gasteiger partial charge in [0.2, 0.25) is 0 Å². The van der Waals surface area contributed by atoms with Crippen molar-refractivity contribution >= 4 is 35.1 Å². The number of β-amino-alcohol motifs (C(OH)–C–C–N with tert-alkyl or cyclic N) is 1. The minimum absolute atomic E-state index is 0.102. The minimum atomic E-state index is -5.51. The molecule has 0 radical (unpaired) electrons. The number of likely N-dealkylation sites (N-methyl/N-ethyl adjacent to an activating group) is 1. The largest absolute Gasteiger partial charge is 0.420 e. The maximum atomic E-state index is 14.5. The van der Waals surface area contributed by atoms with Crippen molar-refractivity contribution in [1.29, 1.82) is 0 Å². The molecule has 1 aliphatic rings. The number of urea groups is 1. The first kappa shape index (κ1) is 32.1. The van der Waals surface area contributed by atoms with E-state index in [1.54, 1.807) is 19.0 Å². The third-order valence-corrected chi connectivity index (χ3v) is 6.28. The van der Waals surface area contributed by atoms with Gasteiger partial charge in [-0.25, -0.2) is 18.4 Å². The molecule has 0 saturated carbocycles. The number of aliphatic hydroxyl groups is 1. The fraction of sp³-hybridized carbons (Fsp3) is 0.417. The molecule has 8 nitrogen and oxygen atoms in total. The van der Waals surface area contributed by atoms with E-state index in [0.717, 1.165) is 18.0 Å². The molecule has 3 amide bonds. The van der Waals surface area contributed by atoms with Crippen molar-refractivity contribution in [2.75, 3.05) is 57.1 Å². The highest BCUT2D eigenvalue weighted by Crippen LogP contribution is 2.47. The first-order valence-corrected chi connectivity index (χ1v) is 12.0. The summed E-state index contributed by atoms with van der Waals surface area (Å²) in [5.41, 5.74) is -5.59. The zero-order chi connectivity index (χ0) is 31.0. The fourth-order valence-corrected chi connectivity index (χ4v) is 4.19. The molecule has 41 heavy (non-hydrogen) atoms. The molecule has 0 aliphatic carbocycles. The first-order valence-electron chi connectivity index (χ1n) is 11.6. The Balaban J connectivity index is 2.10. The normalized spacial score (nSPS) is 15.1. The van der Waals surface area contributed by atoms with Crippen LogP contribution in [0.2, 0.25) is 5.02 Å². The lowest BCUT2D eigenvalue weighted by molar-refractivity contribution is -0.143. The van der Waals surface area contributed by atoms with Crippen LogP contribution in [-0.4, -0.2) is 80.5 Å². The van der Waals surface area contributed by atoms with Gasteiger partial charge in [0.15, 0.2) is 11.6 Å². The Morgan fingerprint density at radius 1 is 1.07 bits per heavy atom. The third-order valence-electron chi connectivity index (χ3n) is 5.93. The number of hydrogen-bond acceptors (Lipinski definition) is 5. The van der Waals surface area contributed by atoms with E-state index in [1.165, 1.54) is 0 Å². The molecule has 1 N–H and O–H groups in total. The predicted octanol–water partition coefficient (Wildman–Crippen LogP) is 5.46. The number of halogens is 9. The van der Waals surface area contributed by atoms with Crippen molar-refractivity contribution in [2.24, 2.45) is 0 Å². The van der Waals surface area contributed by atoms with Gasteiger partial charge in [-0.1, -0.05) is 11.6 Å². The predicted molar refractivity (Wildman–Crippen MR) is 131 cm³/mol. The number of benzene rings is 2. The number of nitrogens with zero attached hydrogens (tertiary/aromatic N) is 4. The Labute approximate surface area is 233 Å². The van der Waals surface area contributed by atoms with Gasteiger partial charge in [-0.15, -0.1) is 0 Å². The van der Waals surface area contributed by atoms with Gasteiger partial charge in [-0.2, -0.15) is 26.3 Å². The standard InChI is InChI=1S/C24H23ClF8N4O4/c1-34(2)10-13(38)11-36-6-7-37(21(36)39)17-9-12(23(28,29)30)8-14(24(31,32)33)20(17)41-22(40)35(3)16-5-4-15(26)18(25)19(16)27/h4-5,8-9,13,38H,6-7,10-11H2,1-3H3.